The maximum atomic E-state index is 10.1. The van der Waals surface area contributed by atoms with E-state index in [1.807, 2.05) is 0 Å². The minimum Gasteiger partial charge on any atom is -0.465 e. The summed E-state index contributed by atoms with van der Waals surface area (Å²) in [7, 11) is 2.38. The lowest BCUT2D eigenvalue weighted by Gasteiger charge is -2.02. The highest BCUT2D eigenvalue weighted by Crippen LogP contribution is 1.84. The SMILES string of the molecule is COC(=O)C(O)OC.O. The second-order valence-electron chi connectivity index (χ2n) is 1.11. The second kappa shape index (κ2) is 5.49. The highest BCUT2D eigenvalue weighted by Gasteiger charge is 2.11. The van der Waals surface area contributed by atoms with Gasteiger partial charge < -0.3 is 20.1 Å². The van der Waals surface area contributed by atoms with Crippen molar-refractivity contribution in [3.05, 3.63) is 0 Å². The number of carbonyl (C=O) groups is 1. The van der Waals surface area contributed by atoms with E-state index in [0.717, 1.165) is 0 Å². The van der Waals surface area contributed by atoms with Crippen LogP contribution in [0.25, 0.3) is 0 Å². The van der Waals surface area contributed by atoms with Crippen molar-refractivity contribution in [3.63, 3.8) is 0 Å². The summed E-state index contributed by atoms with van der Waals surface area (Å²) in [5, 5.41) is 8.43. The predicted molar refractivity (Wildman–Crippen MR) is 28.6 cm³/mol. The molecule has 0 aromatic carbocycles. The van der Waals surface area contributed by atoms with Gasteiger partial charge in [0, 0.05) is 7.11 Å². The molecule has 3 N–H and O–H groups in total. The van der Waals surface area contributed by atoms with Crippen LogP contribution in [0.15, 0.2) is 0 Å². The number of ether oxygens (including phenoxy) is 2. The number of rotatable bonds is 2. The Morgan fingerprint density at radius 2 is 2.00 bits per heavy atom. The molecule has 0 spiro atoms. The molecule has 0 saturated carbocycles. The lowest BCUT2D eigenvalue weighted by atomic mass is 10.7. The van der Waals surface area contributed by atoms with Crippen molar-refractivity contribution >= 4 is 5.97 Å². The molecular weight excluding hydrogens is 128 g/mol. The van der Waals surface area contributed by atoms with Gasteiger partial charge in [0.1, 0.15) is 0 Å². The third kappa shape index (κ3) is 3.89. The smallest absolute Gasteiger partial charge is 0.362 e. The number of esters is 1. The van der Waals surface area contributed by atoms with Crippen LogP contribution in [0, 0.1) is 0 Å². The fourth-order valence-electron chi connectivity index (χ4n) is 0.197. The molecule has 1 unspecified atom stereocenters. The Bertz CT molecular complexity index is 81.0. The maximum absolute atomic E-state index is 10.1. The van der Waals surface area contributed by atoms with Gasteiger partial charge in [0.2, 0.25) is 0 Å². The number of carbonyl (C=O) groups excluding carboxylic acids is 1. The van der Waals surface area contributed by atoms with Gasteiger partial charge in [-0.15, -0.1) is 0 Å². The summed E-state index contributed by atoms with van der Waals surface area (Å²) >= 11 is 0. The second-order valence-corrected chi connectivity index (χ2v) is 1.11. The first-order chi connectivity index (χ1) is 3.72. The zero-order chi connectivity index (χ0) is 6.57. The third-order valence-electron chi connectivity index (χ3n) is 0.626. The number of aliphatic hydroxyl groups is 1. The van der Waals surface area contributed by atoms with Crippen LogP contribution in [0.1, 0.15) is 0 Å². The average molecular weight is 138 g/mol. The van der Waals surface area contributed by atoms with Gasteiger partial charge in [-0.2, -0.15) is 0 Å². The number of hydrogen-bond acceptors (Lipinski definition) is 4. The predicted octanol–water partition coefficient (Wildman–Crippen LogP) is -1.70. The normalized spacial score (nSPS) is 11.4. The van der Waals surface area contributed by atoms with Gasteiger partial charge in [0.05, 0.1) is 7.11 Å². The van der Waals surface area contributed by atoms with Crippen LogP contribution in [-0.2, 0) is 14.3 Å². The van der Waals surface area contributed by atoms with Crippen molar-refractivity contribution < 1.29 is 24.9 Å². The van der Waals surface area contributed by atoms with Crippen molar-refractivity contribution in [3.8, 4) is 0 Å². The highest BCUT2D eigenvalue weighted by molar-refractivity contribution is 5.72. The van der Waals surface area contributed by atoms with E-state index in [1.54, 1.807) is 0 Å². The molecule has 0 aliphatic heterocycles. The fraction of sp³-hybridized carbons (Fsp3) is 0.750. The molecule has 9 heavy (non-hydrogen) atoms. The Morgan fingerprint density at radius 3 is 2.11 bits per heavy atom. The molecule has 0 fully saturated rings. The fourth-order valence-corrected chi connectivity index (χ4v) is 0.197. The summed E-state index contributed by atoms with van der Waals surface area (Å²) < 4.78 is 8.27. The summed E-state index contributed by atoms with van der Waals surface area (Å²) in [6, 6.07) is 0. The van der Waals surface area contributed by atoms with E-state index >= 15 is 0 Å². The first-order valence-electron chi connectivity index (χ1n) is 2.01. The van der Waals surface area contributed by atoms with Crippen LogP contribution in [0.5, 0.6) is 0 Å². The van der Waals surface area contributed by atoms with Gasteiger partial charge in [0.25, 0.3) is 6.29 Å². The van der Waals surface area contributed by atoms with Gasteiger partial charge in [-0.25, -0.2) is 4.79 Å². The lowest BCUT2D eigenvalue weighted by Crippen LogP contribution is -2.23. The zero-order valence-corrected chi connectivity index (χ0v) is 5.25. The molecule has 0 saturated heterocycles. The lowest BCUT2D eigenvalue weighted by molar-refractivity contribution is -0.174. The Kier molecular flexibility index (Phi) is 6.82. The van der Waals surface area contributed by atoms with Crippen molar-refractivity contribution in [1.29, 1.82) is 0 Å². The minimum absolute atomic E-state index is 0. The first-order valence-corrected chi connectivity index (χ1v) is 2.01. The summed E-state index contributed by atoms with van der Waals surface area (Å²) in [5.41, 5.74) is 0. The van der Waals surface area contributed by atoms with E-state index in [0.29, 0.717) is 0 Å². The van der Waals surface area contributed by atoms with E-state index in [4.69, 9.17) is 5.11 Å². The first kappa shape index (κ1) is 11.2. The molecule has 5 heteroatoms. The van der Waals surface area contributed by atoms with Crippen LogP contribution >= 0.6 is 0 Å². The van der Waals surface area contributed by atoms with Gasteiger partial charge >= 0.3 is 5.97 Å². The molecule has 0 aromatic rings. The van der Waals surface area contributed by atoms with Crippen molar-refractivity contribution in [1.82, 2.24) is 0 Å². The number of methoxy groups -OCH3 is 2. The summed E-state index contributed by atoms with van der Waals surface area (Å²) in [6.07, 6.45) is -1.44. The molecule has 0 heterocycles. The third-order valence-corrected chi connectivity index (χ3v) is 0.626. The minimum atomic E-state index is -1.44. The molecule has 0 radical (unpaired) electrons. The van der Waals surface area contributed by atoms with Crippen LogP contribution < -0.4 is 0 Å². The summed E-state index contributed by atoms with van der Waals surface area (Å²) in [4.78, 5) is 10.1. The highest BCUT2D eigenvalue weighted by atomic mass is 16.6. The largest absolute Gasteiger partial charge is 0.465 e. The van der Waals surface area contributed by atoms with Crippen molar-refractivity contribution in [2.75, 3.05) is 14.2 Å². The summed E-state index contributed by atoms with van der Waals surface area (Å²) in [5.74, 6) is -0.785. The number of aliphatic hydroxyl groups excluding tert-OH is 1. The van der Waals surface area contributed by atoms with E-state index in [2.05, 4.69) is 9.47 Å². The van der Waals surface area contributed by atoms with Gasteiger partial charge in [-0.3, -0.25) is 0 Å². The molecule has 1 atom stereocenters. The van der Waals surface area contributed by atoms with Crippen LogP contribution in [0.3, 0.4) is 0 Å². The van der Waals surface area contributed by atoms with E-state index in [9.17, 15) is 4.79 Å². The Morgan fingerprint density at radius 1 is 1.56 bits per heavy atom. The number of hydrogen-bond donors (Lipinski definition) is 1. The van der Waals surface area contributed by atoms with E-state index in [-0.39, 0.29) is 5.48 Å². The van der Waals surface area contributed by atoms with Crippen LogP contribution in [0.4, 0.5) is 0 Å². The molecule has 0 bridgehead atoms. The molecule has 0 aliphatic rings. The van der Waals surface area contributed by atoms with Gasteiger partial charge in [-0.05, 0) is 0 Å². The molecule has 0 amide bonds. The zero-order valence-electron chi connectivity index (χ0n) is 5.25. The molecule has 0 aliphatic carbocycles. The maximum Gasteiger partial charge on any atom is 0.362 e. The van der Waals surface area contributed by atoms with Crippen molar-refractivity contribution in [2.24, 2.45) is 0 Å². The van der Waals surface area contributed by atoms with Gasteiger partial charge in [0.15, 0.2) is 0 Å². The molecule has 0 rings (SSSR count). The topological polar surface area (TPSA) is 87.3 Å². The van der Waals surface area contributed by atoms with Crippen LogP contribution in [-0.4, -0.2) is 37.1 Å². The van der Waals surface area contributed by atoms with E-state index < -0.39 is 12.3 Å². The molecule has 0 aromatic heterocycles. The summed E-state index contributed by atoms with van der Waals surface area (Å²) in [6.45, 7) is 0. The molecular formula is C4H10O5. The van der Waals surface area contributed by atoms with Gasteiger partial charge in [-0.1, -0.05) is 0 Å². The average Bonchev–Trinajstić information content (AvgIpc) is 1.84. The standard InChI is InChI=1S/C4H8O4.H2O/c1-7-3(5)4(6)8-2;/h3,5H,1-2H3;1H2. The Labute approximate surface area is 52.5 Å². The Balaban J connectivity index is 0. The van der Waals surface area contributed by atoms with E-state index in [1.165, 1.54) is 14.2 Å². The van der Waals surface area contributed by atoms with Crippen LogP contribution in [0.2, 0.25) is 0 Å². The molecule has 5 nitrogen and oxygen atoms in total. The quantitative estimate of drug-likeness (QED) is 0.364. The monoisotopic (exact) mass is 138 g/mol. The van der Waals surface area contributed by atoms with Crippen molar-refractivity contribution in [2.45, 2.75) is 6.29 Å². The Hall–Kier alpha value is -0.650. The molecule has 56 valence electrons.